The van der Waals surface area contributed by atoms with Crippen LogP contribution in [-0.4, -0.2) is 37.0 Å². The van der Waals surface area contributed by atoms with E-state index in [1.54, 1.807) is 0 Å². The number of amides is 1. The highest BCUT2D eigenvalue weighted by Gasteiger charge is 2.07. The number of anilines is 1. The fraction of sp³-hybridized carbons (Fsp3) is 0.533. The lowest BCUT2D eigenvalue weighted by molar-refractivity contribution is -0.122. The molecule has 1 aromatic carbocycles. The van der Waals surface area contributed by atoms with Crippen LogP contribution in [0.4, 0.5) is 5.69 Å². The Morgan fingerprint density at radius 3 is 2.79 bits per heavy atom. The van der Waals surface area contributed by atoms with Gasteiger partial charge in [0.1, 0.15) is 0 Å². The van der Waals surface area contributed by atoms with E-state index in [1.807, 2.05) is 25.1 Å². The van der Waals surface area contributed by atoms with Crippen molar-refractivity contribution in [2.45, 2.75) is 26.7 Å². The molecule has 0 bridgehead atoms. The quantitative estimate of drug-likeness (QED) is 0.701. The lowest BCUT2D eigenvalue weighted by atomic mass is 10.1. The van der Waals surface area contributed by atoms with Gasteiger partial charge in [-0.3, -0.25) is 9.69 Å². The van der Waals surface area contributed by atoms with Crippen molar-refractivity contribution in [1.82, 2.24) is 10.2 Å². The fourth-order valence-corrected chi connectivity index (χ4v) is 2.06. The molecule has 0 fully saturated rings. The number of aryl methyl sites for hydroxylation is 1. The molecule has 19 heavy (non-hydrogen) atoms. The summed E-state index contributed by atoms with van der Waals surface area (Å²) in [6.07, 6.45) is 2.04. The van der Waals surface area contributed by atoms with Crippen LogP contribution >= 0.6 is 0 Å². The molecule has 1 amide bonds. The number of nitrogens with two attached hydrogens (primary N) is 1. The van der Waals surface area contributed by atoms with Gasteiger partial charge in [-0.1, -0.05) is 19.1 Å². The average Bonchev–Trinajstić information content (AvgIpc) is 2.38. The number of likely N-dealkylation sites (N-methyl/N-ethyl adjacent to an activating group) is 2. The van der Waals surface area contributed by atoms with Gasteiger partial charge in [-0.15, -0.1) is 0 Å². The Kier molecular flexibility index (Phi) is 6.97. The lowest BCUT2D eigenvalue weighted by Crippen LogP contribution is -2.37. The fourth-order valence-electron chi connectivity index (χ4n) is 2.06. The number of carbonyl (C=O) groups is 1. The van der Waals surface area contributed by atoms with E-state index in [4.69, 9.17) is 5.73 Å². The van der Waals surface area contributed by atoms with Crippen LogP contribution in [0.15, 0.2) is 24.3 Å². The number of hydrogen-bond donors (Lipinski definition) is 2. The summed E-state index contributed by atoms with van der Waals surface area (Å²) in [6, 6.07) is 7.99. The first-order valence-electron chi connectivity index (χ1n) is 6.99. The molecule has 0 saturated heterocycles. The molecule has 4 heteroatoms. The van der Waals surface area contributed by atoms with Gasteiger partial charge in [-0.05, 0) is 50.6 Å². The Balaban J connectivity index is 2.31. The summed E-state index contributed by atoms with van der Waals surface area (Å²) < 4.78 is 0. The third-order valence-corrected chi connectivity index (χ3v) is 3.08. The van der Waals surface area contributed by atoms with Crippen molar-refractivity contribution in [2.24, 2.45) is 0 Å². The Hall–Kier alpha value is -1.55. The second-order valence-electron chi connectivity index (χ2n) is 4.67. The Morgan fingerprint density at radius 2 is 2.16 bits per heavy atom. The van der Waals surface area contributed by atoms with Crippen molar-refractivity contribution in [2.75, 3.05) is 31.9 Å². The minimum absolute atomic E-state index is 0.105. The molecule has 0 unspecified atom stereocenters. The molecular formula is C15H25N3O. The molecule has 0 aromatic heterocycles. The molecule has 0 heterocycles. The molecule has 106 valence electrons. The van der Waals surface area contributed by atoms with Crippen LogP contribution in [0.1, 0.15) is 25.8 Å². The van der Waals surface area contributed by atoms with E-state index in [-0.39, 0.29) is 5.91 Å². The van der Waals surface area contributed by atoms with Gasteiger partial charge in [0.05, 0.1) is 6.54 Å². The van der Waals surface area contributed by atoms with Crippen LogP contribution in [0.3, 0.4) is 0 Å². The van der Waals surface area contributed by atoms with Crippen LogP contribution < -0.4 is 11.1 Å². The number of rotatable bonds is 8. The second kappa shape index (κ2) is 8.53. The first-order chi connectivity index (χ1) is 9.15. The predicted octanol–water partition coefficient (Wildman–Crippen LogP) is 1.66. The summed E-state index contributed by atoms with van der Waals surface area (Å²) in [5.74, 6) is 0.105. The van der Waals surface area contributed by atoms with Crippen LogP contribution in [0.5, 0.6) is 0 Å². The predicted molar refractivity (Wildman–Crippen MR) is 80.0 cm³/mol. The number of hydrogen-bond acceptors (Lipinski definition) is 3. The minimum atomic E-state index is 0.105. The van der Waals surface area contributed by atoms with E-state index in [0.29, 0.717) is 13.1 Å². The van der Waals surface area contributed by atoms with Crippen LogP contribution in [0.25, 0.3) is 0 Å². The maximum atomic E-state index is 11.5. The molecule has 0 saturated carbocycles. The highest BCUT2D eigenvalue weighted by Crippen LogP contribution is 2.09. The zero-order valence-corrected chi connectivity index (χ0v) is 12.0. The highest BCUT2D eigenvalue weighted by atomic mass is 16.2. The van der Waals surface area contributed by atoms with Crippen molar-refractivity contribution in [3.8, 4) is 0 Å². The van der Waals surface area contributed by atoms with Gasteiger partial charge in [-0.25, -0.2) is 0 Å². The third-order valence-electron chi connectivity index (χ3n) is 3.08. The zero-order valence-electron chi connectivity index (χ0n) is 12.0. The zero-order chi connectivity index (χ0) is 14.1. The van der Waals surface area contributed by atoms with E-state index < -0.39 is 0 Å². The third kappa shape index (κ3) is 6.25. The molecule has 3 N–H and O–H groups in total. The van der Waals surface area contributed by atoms with Gasteiger partial charge < -0.3 is 11.1 Å². The van der Waals surface area contributed by atoms with Gasteiger partial charge in [0.2, 0.25) is 5.91 Å². The average molecular weight is 263 g/mol. The molecule has 0 spiro atoms. The van der Waals surface area contributed by atoms with Gasteiger partial charge in [-0.2, -0.15) is 0 Å². The molecule has 4 nitrogen and oxygen atoms in total. The highest BCUT2D eigenvalue weighted by molar-refractivity contribution is 5.77. The Morgan fingerprint density at radius 1 is 1.37 bits per heavy atom. The summed E-state index contributed by atoms with van der Waals surface area (Å²) in [5, 5.41) is 2.83. The van der Waals surface area contributed by atoms with Gasteiger partial charge in [0.25, 0.3) is 0 Å². The summed E-state index contributed by atoms with van der Waals surface area (Å²) in [4.78, 5) is 13.7. The van der Waals surface area contributed by atoms with E-state index in [0.717, 1.165) is 31.6 Å². The SMILES string of the molecule is CCNC(=O)CN(CC)CCCc1cccc(N)c1. The van der Waals surface area contributed by atoms with Crippen molar-refractivity contribution >= 4 is 11.6 Å². The van der Waals surface area contributed by atoms with Crippen molar-refractivity contribution < 1.29 is 4.79 Å². The van der Waals surface area contributed by atoms with Gasteiger partial charge >= 0.3 is 0 Å². The molecule has 0 aliphatic carbocycles. The number of benzene rings is 1. The van der Waals surface area contributed by atoms with Crippen LogP contribution in [0, 0.1) is 0 Å². The monoisotopic (exact) mass is 263 g/mol. The van der Waals surface area contributed by atoms with E-state index >= 15 is 0 Å². The molecule has 1 rings (SSSR count). The summed E-state index contributed by atoms with van der Waals surface area (Å²) in [6.45, 7) is 7.03. The Bertz CT molecular complexity index is 393. The minimum Gasteiger partial charge on any atom is -0.399 e. The van der Waals surface area contributed by atoms with E-state index in [2.05, 4.69) is 23.2 Å². The second-order valence-corrected chi connectivity index (χ2v) is 4.67. The summed E-state index contributed by atoms with van der Waals surface area (Å²) in [7, 11) is 0. The molecule has 0 aliphatic rings. The van der Waals surface area contributed by atoms with Crippen LogP contribution in [-0.2, 0) is 11.2 Å². The Labute approximate surface area is 116 Å². The van der Waals surface area contributed by atoms with Gasteiger partial charge in [0.15, 0.2) is 0 Å². The van der Waals surface area contributed by atoms with E-state index in [1.165, 1.54) is 5.56 Å². The molecule has 0 radical (unpaired) electrons. The largest absolute Gasteiger partial charge is 0.399 e. The molecular weight excluding hydrogens is 238 g/mol. The van der Waals surface area contributed by atoms with Crippen molar-refractivity contribution in [3.05, 3.63) is 29.8 Å². The smallest absolute Gasteiger partial charge is 0.234 e. The number of carbonyl (C=O) groups excluding carboxylic acids is 1. The standard InChI is InChI=1S/C15H25N3O/c1-3-17-15(19)12-18(4-2)10-6-8-13-7-5-9-14(16)11-13/h5,7,9,11H,3-4,6,8,10,12,16H2,1-2H3,(H,17,19). The van der Waals surface area contributed by atoms with Crippen molar-refractivity contribution in [1.29, 1.82) is 0 Å². The number of nitrogen functional groups attached to an aromatic ring is 1. The normalized spacial score (nSPS) is 10.7. The van der Waals surface area contributed by atoms with Crippen molar-refractivity contribution in [3.63, 3.8) is 0 Å². The van der Waals surface area contributed by atoms with Crippen LogP contribution in [0.2, 0.25) is 0 Å². The molecule has 0 aliphatic heterocycles. The maximum absolute atomic E-state index is 11.5. The van der Waals surface area contributed by atoms with E-state index in [9.17, 15) is 4.79 Å². The number of nitrogens with zero attached hydrogens (tertiary/aromatic N) is 1. The number of nitrogens with one attached hydrogen (secondary N) is 1. The lowest BCUT2D eigenvalue weighted by Gasteiger charge is -2.19. The first kappa shape index (κ1) is 15.5. The molecule has 0 atom stereocenters. The maximum Gasteiger partial charge on any atom is 0.234 e. The molecule has 1 aromatic rings. The topological polar surface area (TPSA) is 58.4 Å². The van der Waals surface area contributed by atoms with Gasteiger partial charge in [0, 0.05) is 12.2 Å². The summed E-state index contributed by atoms with van der Waals surface area (Å²) in [5.41, 5.74) is 7.82. The first-order valence-corrected chi connectivity index (χ1v) is 6.99. The summed E-state index contributed by atoms with van der Waals surface area (Å²) >= 11 is 0.